The van der Waals surface area contributed by atoms with Crippen LogP contribution in [-0.4, -0.2) is 48.8 Å². The van der Waals surface area contributed by atoms with Gasteiger partial charge in [0.05, 0.1) is 12.1 Å². The van der Waals surface area contributed by atoms with Gasteiger partial charge in [-0.05, 0) is 51.7 Å². The average Bonchev–Trinajstić information content (AvgIpc) is 3.27. The zero-order valence-electron chi connectivity index (χ0n) is 20.5. The Morgan fingerprint density at radius 2 is 1.91 bits per heavy atom. The molecule has 0 saturated carbocycles. The Balaban J connectivity index is 1.71. The number of carbonyl (C=O) groups is 1. The zero-order chi connectivity index (χ0) is 23.9. The second-order valence-corrected chi connectivity index (χ2v) is 9.16. The summed E-state index contributed by atoms with van der Waals surface area (Å²) in [6, 6.07) is 18.2. The van der Waals surface area contributed by atoms with Gasteiger partial charge in [0.15, 0.2) is 0 Å². The highest BCUT2D eigenvalue weighted by atomic mass is 16.5. The normalized spacial score (nSPS) is 16.0. The van der Waals surface area contributed by atoms with Crippen molar-refractivity contribution in [2.24, 2.45) is 0 Å². The predicted octanol–water partition coefficient (Wildman–Crippen LogP) is 5.71. The van der Waals surface area contributed by atoms with Gasteiger partial charge in [0.25, 0.3) is 5.91 Å². The summed E-state index contributed by atoms with van der Waals surface area (Å²) in [7, 11) is 1.69. The van der Waals surface area contributed by atoms with Crippen LogP contribution in [0.5, 0.6) is 0 Å². The van der Waals surface area contributed by atoms with Crippen LogP contribution in [0.4, 0.5) is 5.88 Å². The Labute approximate surface area is 202 Å². The third-order valence-electron chi connectivity index (χ3n) is 6.59. The maximum atomic E-state index is 13.6. The molecule has 1 aromatic heterocycles. The first kappa shape index (κ1) is 24.0. The Morgan fingerprint density at radius 3 is 2.62 bits per heavy atom. The Hall–Kier alpha value is -3.12. The number of amides is 1. The van der Waals surface area contributed by atoms with E-state index in [4.69, 9.17) is 9.26 Å². The fourth-order valence-corrected chi connectivity index (χ4v) is 4.61. The maximum Gasteiger partial charge on any atom is 0.254 e. The zero-order valence-corrected chi connectivity index (χ0v) is 20.5. The van der Waals surface area contributed by atoms with E-state index in [1.807, 2.05) is 66.4 Å². The number of nitrogens with zero attached hydrogens (tertiary/aromatic N) is 3. The van der Waals surface area contributed by atoms with Crippen LogP contribution in [0.15, 0.2) is 59.1 Å². The molecule has 0 bridgehead atoms. The highest BCUT2D eigenvalue weighted by Crippen LogP contribution is 2.35. The topological polar surface area (TPSA) is 58.8 Å². The Bertz CT molecular complexity index is 1060. The molecule has 0 radical (unpaired) electrons. The Morgan fingerprint density at radius 1 is 1.15 bits per heavy atom. The molecule has 6 heteroatoms. The highest BCUT2D eigenvalue weighted by molar-refractivity contribution is 5.94. The summed E-state index contributed by atoms with van der Waals surface area (Å²) in [5.41, 5.74) is 4.60. The van der Waals surface area contributed by atoms with Crippen molar-refractivity contribution in [2.75, 3.05) is 31.7 Å². The van der Waals surface area contributed by atoms with E-state index in [1.165, 1.54) is 6.42 Å². The minimum absolute atomic E-state index is 0.00829. The maximum absolute atomic E-state index is 13.6. The van der Waals surface area contributed by atoms with E-state index in [2.05, 4.69) is 17.0 Å². The van der Waals surface area contributed by atoms with Crippen LogP contribution in [0, 0.1) is 6.92 Å². The molecule has 0 spiro atoms. The van der Waals surface area contributed by atoms with Gasteiger partial charge in [-0.3, -0.25) is 4.79 Å². The first-order valence-electron chi connectivity index (χ1n) is 12.2. The van der Waals surface area contributed by atoms with Crippen LogP contribution in [0.2, 0.25) is 0 Å². The van der Waals surface area contributed by atoms with Gasteiger partial charge in [-0.15, -0.1) is 0 Å². The second-order valence-electron chi connectivity index (χ2n) is 9.16. The minimum atomic E-state index is 0.00829. The number of anilines is 1. The van der Waals surface area contributed by atoms with E-state index in [0.29, 0.717) is 31.3 Å². The highest BCUT2D eigenvalue weighted by Gasteiger charge is 2.29. The van der Waals surface area contributed by atoms with Gasteiger partial charge in [0, 0.05) is 44.0 Å². The quantitative estimate of drug-likeness (QED) is 0.382. The van der Waals surface area contributed by atoms with E-state index in [0.717, 1.165) is 54.1 Å². The molecule has 4 rings (SSSR count). The van der Waals surface area contributed by atoms with Gasteiger partial charge in [-0.1, -0.05) is 53.2 Å². The number of aryl methyl sites for hydroxylation is 1. The summed E-state index contributed by atoms with van der Waals surface area (Å²) in [4.78, 5) is 17.8. The van der Waals surface area contributed by atoms with Crippen LogP contribution >= 0.6 is 0 Å². The molecular formula is C28H35N3O3. The van der Waals surface area contributed by atoms with Crippen LogP contribution < -0.4 is 4.90 Å². The first-order valence-corrected chi connectivity index (χ1v) is 12.2. The number of aromatic nitrogens is 1. The van der Waals surface area contributed by atoms with Crippen LogP contribution in [0.3, 0.4) is 0 Å². The molecule has 1 saturated heterocycles. The van der Waals surface area contributed by atoms with E-state index in [-0.39, 0.29) is 5.91 Å². The number of methoxy groups -OCH3 is 1. The van der Waals surface area contributed by atoms with Crippen molar-refractivity contribution in [3.63, 3.8) is 0 Å². The lowest BCUT2D eigenvalue weighted by Crippen LogP contribution is -2.38. The SMILES string of the molecule is COCCCN(Cc1c(-c2ccccc2)noc1N1CCCC[C@H]1C)C(=O)c1ccc(C)cc1. The van der Waals surface area contributed by atoms with Crippen molar-refractivity contribution in [1.82, 2.24) is 10.1 Å². The summed E-state index contributed by atoms with van der Waals surface area (Å²) in [5.74, 6) is 0.799. The number of carbonyl (C=O) groups excluding carboxylic acids is 1. The van der Waals surface area contributed by atoms with Crippen molar-refractivity contribution in [3.8, 4) is 11.3 Å². The van der Waals surface area contributed by atoms with E-state index in [1.54, 1.807) is 7.11 Å². The van der Waals surface area contributed by atoms with E-state index < -0.39 is 0 Å². The van der Waals surface area contributed by atoms with Gasteiger partial charge in [-0.25, -0.2) is 0 Å². The molecule has 3 aromatic rings. The van der Waals surface area contributed by atoms with Gasteiger partial charge >= 0.3 is 0 Å². The molecule has 2 aromatic carbocycles. The van der Waals surface area contributed by atoms with Crippen molar-refractivity contribution < 1.29 is 14.1 Å². The lowest BCUT2D eigenvalue weighted by Gasteiger charge is -2.34. The smallest absolute Gasteiger partial charge is 0.254 e. The van der Waals surface area contributed by atoms with Gasteiger partial charge < -0.3 is 19.1 Å². The summed E-state index contributed by atoms with van der Waals surface area (Å²) in [6.45, 7) is 6.83. The van der Waals surface area contributed by atoms with Crippen molar-refractivity contribution in [2.45, 2.75) is 52.1 Å². The number of benzene rings is 2. The molecular weight excluding hydrogens is 426 g/mol. The summed E-state index contributed by atoms with van der Waals surface area (Å²) >= 11 is 0. The summed E-state index contributed by atoms with van der Waals surface area (Å²) in [5, 5.41) is 4.51. The number of hydrogen-bond acceptors (Lipinski definition) is 5. The molecule has 1 amide bonds. The number of piperidine rings is 1. The monoisotopic (exact) mass is 461 g/mol. The van der Waals surface area contributed by atoms with Gasteiger partial charge in [0.2, 0.25) is 5.88 Å². The molecule has 0 N–H and O–H groups in total. The number of ether oxygens (including phenoxy) is 1. The molecule has 1 aliphatic heterocycles. The number of rotatable bonds is 9. The summed E-state index contributed by atoms with van der Waals surface area (Å²) in [6.07, 6.45) is 4.24. The molecule has 6 nitrogen and oxygen atoms in total. The second kappa shape index (κ2) is 11.3. The predicted molar refractivity (Wildman–Crippen MR) is 135 cm³/mol. The van der Waals surface area contributed by atoms with Crippen molar-refractivity contribution >= 4 is 11.8 Å². The van der Waals surface area contributed by atoms with Crippen LogP contribution in [-0.2, 0) is 11.3 Å². The largest absolute Gasteiger partial charge is 0.385 e. The lowest BCUT2D eigenvalue weighted by atomic mass is 10.0. The molecule has 2 heterocycles. The van der Waals surface area contributed by atoms with Gasteiger partial charge in [0.1, 0.15) is 5.69 Å². The third kappa shape index (κ3) is 5.50. The van der Waals surface area contributed by atoms with E-state index >= 15 is 0 Å². The minimum Gasteiger partial charge on any atom is -0.385 e. The molecule has 0 aliphatic carbocycles. The fourth-order valence-electron chi connectivity index (χ4n) is 4.61. The lowest BCUT2D eigenvalue weighted by molar-refractivity contribution is 0.0724. The van der Waals surface area contributed by atoms with Gasteiger partial charge in [-0.2, -0.15) is 0 Å². The first-order chi connectivity index (χ1) is 16.6. The van der Waals surface area contributed by atoms with Crippen molar-refractivity contribution in [3.05, 3.63) is 71.3 Å². The molecule has 34 heavy (non-hydrogen) atoms. The standard InChI is InChI=1S/C28H35N3O3/c1-21-13-15-24(16-14-21)27(32)30(17-9-19-33-3)20-25-26(23-11-5-4-6-12-23)29-34-28(25)31-18-8-7-10-22(31)2/h4-6,11-16,22H,7-10,17-20H2,1-3H3/t22-/m1/s1. The Kier molecular flexibility index (Phi) is 8.01. The van der Waals surface area contributed by atoms with Crippen LogP contribution in [0.1, 0.15) is 54.1 Å². The third-order valence-corrected chi connectivity index (χ3v) is 6.59. The number of hydrogen-bond donors (Lipinski definition) is 0. The molecule has 1 aliphatic rings. The van der Waals surface area contributed by atoms with Crippen LogP contribution in [0.25, 0.3) is 11.3 Å². The summed E-state index contributed by atoms with van der Waals surface area (Å²) < 4.78 is 11.3. The van der Waals surface area contributed by atoms with E-state index in [9.17, 15) is 4.79 Å². The molecule has 180 valence electrons. The fraction of sp³-hybridized carbons (Fsp3) is 0.429. The molecule has 0 unspecified atom stereocenters. The van der Waals surface area contributed by atoms with Crippen molar-refractivity contribution in [1.29, 1.82) is 0 Å². The molecule has 1 fully saturated rings. The molecule has 1 atom stereocenters. The average molecular weight is 462 g/mol.